The molecule has 3 aromatic rings. The van der Waals surface area contributed by atoms with E-state index in [2.05, 4.69) is 9.97 Å². The molecule has 4 rings (SSSR count). The number of thioether (sulfide) groups is 1. The zero-order chi connectivity index (χ0) is 20.4. The highest BCUT2D eigenvalue weighted by molar-refractivity contribution is 7.99. The Hall–Kier alpha value is -2.12. The van der Waals surface area contributed by atoms with E-state index < -0.39 is 0 Å². The molecule has 0 radical (unpaired) electrons. The number of carbonyl (C=O) groups excluding carboxylic acids is 1. The average molecular weight is 428 g/mol. The van der Waals surface area contributed by atoms with Crippen LogP contribution in [0.5, 0.6) is 0 Å². The van der Waals surface area contributed by atoms with E-state index in [0.29, 0.717) is 21.4 Å². The number of nitrogens with one attached hydrogen (secondary N) is 1. The first kappa shape index (κ1) is 20.2. The van der Waals surface area contributed by atoms with Crippen molar-refractivity contribution < 1.29 is 4.79 Å². The Labute approximate surface area is 178 Å². The maximum atomic E-state index is 12.8. The number of rotatable bonds is 5. The number of nitrogens with zero attached hydrogens (tertiary/aromatic N) is 2. The number of amides is 1. The summed E-state index contributed by atoms with van der Waals surface area (Å²) in [4.78, 5) is 35.4. The van der Waals surface area contributed by atoms with Crippen LogP contribution < -0.4 is 5.56 Å². The number of fused-ring (bicyclic) bond motifs is 1. The smallest absolute Gasteiger partial charge is 0.260 e. The quantitative estimate of drug-likeness (QED) is 0.467. The minimum Gasteiger partial charge on any atom is -0.342 e. The van der Waals surface area contributed by atoms with Crippen LogP contribution in [0.15, 0.2) is 39.6 Å². The summed E-state index contributed by atoms with van der Waals surface area (Å²) in [7, 11) is 1.89. The molecule has 1 saturated carbocycles. The molecule has 2 heterocycles. The fraction of sp³-hybridized carbons (Fsp3) is 0.409. The number of benzene rings is 1. The van der Waals surface area contributed by atoms with Gasteiger partial charge >= 0.3 is 0 Å². The second kappa shape index (κ2) is 8.71. The predicted octanol–water partition coefficient (Wildman–Crippen LogP) is 4.84. The molecule has 1 aliphatic carbocycles. The minimum atomic E-state index is -0.151. The number of aromatic amines is 1. The molecule has 1 aliphatic rings. The van der Waals surface area contributed by atoms with Gasteiger partial charge in [-0.25, -0.2) is 4.98 Å². The summed E-state index contributed by atoms with van der Waals surface area (Å²) in [5.41, 5.74) is 2.95. The van der Waals surface area contributed by atoms with Gasteiger partial charge in [-0.1, -0.05) is 60.9 Å². The van der Waals surface area contributed by atoms with Crippen LogP contribution in [0.25, 0.3) is 21.3 Å². The van der Waals surface area contributed by atoms with E-state index in [4.69, 9.17) is 0 Å². The third kappa shape index (κ3) is 4.41. The highest BCUT2D eigenvalue weighted by Gasteiger charge is 2.22. The fourth-order valence-corrected chi connectivity index (χ4v) is 5.64. The normalized spacial score (nSPS) is 15.0. The van der Waals surface area contributed by atoms with Crippen LogP contribution in [0.3, 0.4) is 0 Å². The molecule has 5 nitrogen and oxygen atoms in total. The average Bonchev–Trinajstić information content (AvgIpc) is 3.17. The highest BCUT2D eigenvalue weighted by atomic mass is 32.2. The van der Waals surface area contributed by atoms with Gasteiger partial charge in [-0.05, 0) is 25.3 Å². The van der Waals surface area contributed by atoms with Crippen molar-refractivity contribution in [2.24, 2.45) is 0 Å². The lowest BCUT2D eigenvalue weighted by Gasteiger charge is -2.31. The van der Waals surface area contributed by atoms with E-state index >= 15 is 0 Å². The lowest BCUT2D eigenvalue weighted by molar-refractivity contribution is -0.129. The van der Waals surface area contributed by atoms with Gasteiger partial charge in [0, 0.05) is 24.0 Å². The van der Waals surface area contributed by atoms with E-state index in [-0.39, 0.29) is 17.2 Å². The van der Waals surface area contributed by atoms with Gasteiger partial charge in [-0.3, -0.25) is 9.59 Å². The zero-order valence-corrected chi connectivity index (χ0v) is 18.4. The van der Waals surface area contributed by atoms with Crippen LogP contribution in [0, 0.1) is 6.92 Å². The first-order valence-electron chi connectivity index (χ1n) is 10.00. The molecular formula is C22H25N3O2S2. The van der Waals surface area contributed by atoms with Crippen LogP contribution in [0.2, 0.25) is 0 Å². The molecule has 0 atom stereocenters. The molecule has 2 aromatic heterocycles. The molecule has 7 heteroatoms. The molecule has 0 bridgehead atoms. The second-order valence-corrected chi connectivity index (χ2v) is 9.47. The molecule has 1 aromatic carbocycles. The van der Waals surface area contributed by atoms with Crippen molar-refractivity contribution in [3.05, 3.63) is 45.6 Å². The largest absolute Gasteiger partial charge is 0.342 e. The Morgan fingerprint density at radius 3 is 2.69 bits per heavy atom. The second-order valence-electron chi connectivity index (χ2n) is 7.65. The van der Waals surface area contributed by atoms with Crippen molar-refractivity contribution in [2.45, 2.75) is 50.2 Å². The number of aromatic nitrogens is 2. The van der Waals surface area contributed by atoms with E-state index in [1.807, 2.05) is 48.5 Å². The standard InChI is InChI=1S/C22H25N3O2S2/c1-14-8-10-15(11-9-14)17-12-28-21-19(17)20(27)23-22(24-21)29-13-18(26)25(2)16-6-4-3-5-7-16/h8-12,16H,3-7,13H2,1-2H3,(H,23,24,27). The topological polar surface area (TPSA) is 66.1 Å². The number of aryl methyl sites for hydroxylation is 1. The van der Waals surface area contributed by atoms with Gasteiger partial charge in [0.05, 0.1) is 11.1 Å². The first-order chi connectivity index (χ1) is 14.0. The van der Waals surface area contributed by atoms with Crippen LogP contribution in [-0.4, -0.2) is 39.6 Å². The summed E-state index contributed by atoms with van der Waals surface area (Å²) < 4.78 is 0. The van der Waals surface area contributed by atoms with Crippen molar-refractivity contribution in [3.8, 4) is 11.1 Å². The van der Waals surface area contributed by atoms with Gasteiger partial charge < -0.3 is 9.88 Å². The molecule has 0 aliphatic heterocycles. The van der Waals surface area contributed by atoms with E-state index in [1.54, 1.807) is 0 Å². The number of hydrogen-bond donors (Lipinski definition) is 1. The third-order valence-electron chi connectivity index (χ3n) is 5.63. The maximum Gasteiger partial charge on any atom is 0.260 e. The lowest BCUT2D eigenvalue weighted by atomic mass is 9.94. The van der Waals surface area contributed by atoms with E-state index in [1.165, 1.54) is 47.9 Å². The highest BCUT2D eigenvalue weighted by Crippen LogP contribution is 2.31. The van der Waals surface area contributed by atoms with E-state index in [0.717, 1.165) is 24.0 Å². The van der Waals surface area contributed by atoms with Gasteiger partial charge in [0.2, 0.25) is 5.91 Å². The monoisotopic (exact) mass is 427 g/mol. The Bertz CT molecular complexity index is 1070. The molecule has 0 unspecified atom stereocenters. The Balaban J connectivity index is 1.50. The van der Waals surface area contributed by atoms with Gasteiger partial charge in [0.1, 0.15) is 4.83 Å². The molecule has 1 amide bonds. The Morgan fingerprint density at radius 2 is 1.97 bits per heavy atom. The van der Waals surface area contributed by atoms with Crippen molar-refractivity contribution >= 4 is 39.2 Å². The third-order valence-corrected chi connectivity index (χ3v) is 7.36. The number of H-pyrrole nitrogens is 1. The zero-order valence-electron chi connectivity index (χ0n) is 16.7. The van der Waals surface area contributed by atoms with Gasteiger partial charge in [0.25, 0.3) is 5.56 Å². The lowest BCUT2D eigenvalue weighted by Crippen LogP contribution is -2.39. The molecule has 1 fully saturated rings. The van der Waals surface area contributed by atoms with Crippen LogP contribution in [0.1, 0.15) is 37.7 Å². The SMILES string of the molecule is Cc1ccc(-c2csc3nc(SCC(=O)N(C)C4CCCCC4)[nH]c(=O)c23)cc1. The van der Waals surface area contributed by atoms with Crippen molar-refractivity contribution in [1.29, 1.82) is 0 Å². The predicted molar refractivity (Wildman–Crippen MR) is 121 cm³/mol. The van der Waals surface area contributed by atoms with Crippen molar-refractivity contribution in [1.82, 2.24) is 14.9 Å². The summed E-state index contributed by atoms with van der Waals surface area (Å²) in [5, 5.41) is 3.10. The van der Waals surface area contributed by atoms with E-state index in [9.17, 15) is 9.59 Å². The number of hydrogen-bond acceptors (Lipinski definition) is 5. The van der Waals surface area contributed by atoms with Gasteiger partial charge in [-0.15, -0.1) is 11.3 Å². The molecular weight excluding hydrogens is 402 g/mol. The molecule has 29 heavy (non-hydrogen) atoms. The van der Waals surface area contributed by atoms with Gasteiger partial charge in [-0.2, -0.15) is 0 Å². The summed E-state index contributed by atoms with van der Waals surface area (Å²) in [6.07, 6.45) is 5.84. The first-order valence-corrected chi connectivity index (χ1v) is 11.9. The molecule has 152 valence electrons. The van der Waals surface area contributed by atoms with Crippen LogP contribution in [0.4, 0.5) is 0 Å². The minimum absolute atomic E-state index is 0.0937. The van der Waals surface area contributed by atoms with Crippen LogP contribution >= 0.6 is 23.1 Å². The number of thiophene rings is 1. The van der Waals surface area contributed by atoms with Crippen molar-refractivity contribution in [2.75, 3.05) is 12.8 Å². The molecule has 1 N–H and O–H groups in total. The Morgan fingerprint density at radius 1 is 1.24 bits per heavy atom. The fourth-order valence-electron chi connectivity index (χ4n) is 3.85. The molecule has 0 spiro atoms. The van der Waals surface area contributed by atoms with Gasteiger partial charge in [0.15, 0.2) is 5.16 Å². The Kier molecular flexibility index (Phi) is 6.06. The summed E-state index contributed by atoms with van der Waals surface area (Å²) in [5.74, 6) is 0.383. The van der Waals surface area contributed by atoms with Crippen LogP contribution in [-0.2, 0) is 4.79 Å². The summed E-state index contributed by atoms with van der Waals surface area (Å²) in [6, 6.07) is 8.48. The van der Waals surface area contributed by atoms with Crippen molar-refractivity contribution in [3.63, 3.8) is 0 Å². The summed E-state index contributed by atoms with van der Waals surface area (Å²) >= 11 is 2.77. The summed E-state index contributed by atoms with van der Waals surface area (Å²) in [6.45, 7) is 2.04. The molecule has 0 saturated heterocycles. The maximum absolute atomic E-state index is 12.8. The number of carbonyl (C=O) groups is 1.